The van der Waals surface area contributed by atoms with Gasteiger partial charge in [0.1, 0.15) is 6.04 Å². The van der Waals surface area contributed by atoms with Crippen molar-refractivity contribution in [2.75, 3.05) is 6.54 Å². The molecule has 119 valence electrons. The molecule has 1 radical (unpaired) electrons. The number of nitrogens with two attached hydrogens (primary N) is 2. The maximum absolute atomic E-state index is 11.8. The first-order chi connectivity index (χ1) is 9.77. The fraction of sp³-hybridized carbons (Fsp3) is 0.667. The van der Waals surface area contributed by atoms with Crippen LogP contribution in [-0.2, 0) is 14.4 Å². The summed E-state index contributed by atoms with van der Waals surface area (Å²) >= 11 is 0. The summed E-state index contributed by atoms with van der Waals surface area (Å²) < 4.78 is 0. The number of hydrogen-bond donors (Lipinski definition) is 6. The second-order valence-electron chi connectivity index (χ2n) is 4.68. The Morgan fingerprint density at radius 3 is 2.33 bits per heavy atom. The molecule has 0 saturated carbocycles. The Bertz CT molecular complexity index is 385. The summed E-state index contributed by atoms with van der Waals surface area (Å²) in [7, 11) is 0. The third kappa shape index (κ3) is 8.58. The number of rotatable bonds is 9. The molecule has 0 fully saturated rings. The molecule has 9 heteroatoms. The van der Waals surface area contributed by atoms with E-state index in [-0.39, 0.29) is 5.96 Å². The molecule has 21 heavy (non-hydrogen) atoms. The van der Waals surface area contributed by atoms with Crippen LogP contribution in [-0.4, -0.2) is 48.7 Å². The van der Waals surface area contributed by atoms with Crippen LogP contribution in [0.15, 0.2) is 0 Å². The van der Waals surface area contributed by atoms with Gasteiger partial charge in [0.2, 0.25) is 18.1 Å². The maximum Gasteiger partial charge on any atom is 0.242 e. The van der Waals surface area contributed by atoms with Crippen molar-refractivity contribution in [1.82, 2.24) is 16.0 Å². The lowest BCUT2D eigenvalue weighted by Gasteiger charge is -2.18. The first-order valence-corrected chi connectivity index (χ1v) is 6.59. The molecule has 0 heterocycles. The highest BCUT2D eigenvalue weighted by molar-refractivity contribution is 5.90. The highest BCUT2D eigenvalue weighted by atomic mass is 16.2. The zero-order valence-corrected chi connectivity index (χ0v) is 12.2. The molecule has 8 N–H and O–H groups in total. The van der Waals surface area contributed by atoms with Crippen LogP contribution in [0.1, 0.15) is 26.7 Å². The van der Waals surface area contributed by atoms with Gasteiger partial charge in [0, 0.05) is 6.54 Å². The minimum Gasteiger partial charge on any atom is -0.370 e. The van der Waals surface area contributed by atoms with Gasteiger partial charge in [-0.3, -0.25) is 19.8 Å². The van der Waals surface area contributed by atoms with Crippen molar-refractivity contribution in [2.45, 2.75) is 44.8 Å². The van der Waals surface area contributed by atoms with Crippen LogP contribution in [0, 0.1) is 5.41 Å². The molecule has 3 atom stereocenters. The van der Waals surface area contributed by atoms with Gasteiger partial charge in [-0.1, -0.05) is 0 Å². The Balaban J connectivity index is 4.16. The van der Waals surface area contributed by atoms with E-state index in [9.17, 15) is 14.4 Å². The van der Waals surface area contributed by atoms with Crippen molar-refractivity contribution >= 4 is 24.1 Å². The van der Waals surface area contributed by atoms with Crippen LogP contribution >= 0.6 is 0 Å². The van der Waals surface area contributed by atoms with E-state index < -0.39 is 29.9 Å². The number of guanidine groups is 1. The molecule has 0 aliphatic carbocycles. The highest BCUT2D eigenvalue weighted by Crippen LogP contribution is 1.95. The van der Waals surface area contributed by atoms with Crippen molar-refractivity contribution in [1.29, 1.82) is 5.41 Å². The van der Waals surface area contributed by atoms with Crippen molar-refractivity contribution in [3.8, 4) is 0 Å². The predicted molar refractivity (Wildman–Crippen MR) is 78.0 cm³/mol. The molecule has 9 nitrogen and oxygen atoms in total. The highest BCUT2D eigenvalue weighted by Gasteiger charge is 2.20. The third-order valence-corrected chi connectivity index (χ3v) is 2.61. The van der Waals surface area contributed by atoms with Crippen LogP contribution in [0.4, 0.5) is 0 Å². The van der Waals surface area contributed by atoms with Crippen molar-refractivity contribution < 1.29 is 14.4 Å². The minimum atomic E-state index is -0.797. The van der Waals surface area contributed by atoms with Crippen molar-refractivity contribution in [2.24, 2.45) is 11.5 Å². The van der Waals surface area contributed by atoms with E-state index in [0.29, 0.717) is 19.4 Å². The summed E-state index contributed by atoms with van der Waals surface area (Å²) in [5.74, 6) is -1.09. The van der Waals surface area contributed by atoms with Crippen molar-refractivity contribution in [3.05, 3.63) is 0 Å². The van der Waals surface area contributed by atoms with Gasteiger partial charge in [-0.25, -0.2) is 0 Å². The number of carbonyl (C=O) groups excluding carboxylic acids is 3. The van der Waals surface area contributed by atoms with Crippen LogP contribution < -0.4 is 27.4 Å². The number of hydrogen-bond acceptors (Lipinski definition) is 5. The average Bonchev–Trinajstić information content (AvgIpc) is 2.41. The lowest BCUT2D eigenvalue weighted by atomic mass is 10.1. The Kier molecular flexibility index (Phi) is 8.70. The monoisotopic (exact) mass is 299 g/mol. The lowest BCUT2D eigenvalue weighted by molar-refractivity contribution is -0.129. The summed E-state index contributed by atoms with van der Waals surface area (Å²) in [5, 5.41) is 14.4. The average molecular weight is 299 g/mol. The van der Waals surface area contributed by atoms with Gasteiger partial charge >= 0.3 is 0 Å². The Labute approximate surface area is 123 Å². The van der Waals surface area contributed by atoms with E-state index in [4.69, 9.17) is 16.9 Å². The molecule has 2 amide bonds. The number of carbonyl (C=O) groups is 2. The first-order valence-electron chi connectivity index (χ1n) is 6.59. The van der Waals surface area contributed by atoms with Gasteiger partial charge in [-0.2, -0.15) is 0 Å². The molecule has 0 aliphatic heterocycles. The van der Waals surface area contributed by atoms with E-state index in [1.807, 2.05) is 0 Å². The quantitative estimate of drug-likeness (QED) is 0.159. The van der Waals surface area contributed by atoms with Crippen LogP contribution in [0.5, 0.6) is 0 Å². The molecule has 0 rings (SSSR count). The lowest BCUT2D eigenvalue weighted by Crippen LogP contribution is -2.51. The van der Waals surface area contributed by atoms with E-state index >= 15 is 0 Å². The van der Waals surface area contributed by atoms with Crippen LogP contribution in [0.3, 0.4) is 0 Å². The molecule has 0 aromatic rings. The number of nitrogens with one attached hydrogen (secondary N) is 4. The zero-order valence-electron chi connectivity index (χ0n) is 12.2. The standard InChI is InChI=1S/C12H23N6O3/c1-7(13)10(20)17-8(2)11(21)18-9(6-19)4-3-5-16-12(14)15/h7-9H,3-5,13H2,1-2H3,(H,17,20)(H,18,21)(H4,14,15,16)/t7-,8-,9-/m0/s1. The predicted octanol–water partition coefficient (Wildman–Crippen LogP) is -2.30. The molecule has 0 aromatic carbocycles. The fourth-order valence-electron chi connectivity index (χ4n) is 1.40. The zero-order chi connectivity index (χ0) is 16.4. The van der Waals surface area contributed by atoms with E-state index in [1.54, 1.807) is 6.29 Å². The number of amides is 2. The topological polar surface area (TPSA) is 163 Å². The Morgan fingerprint density at radius 1 is 1.24 bits per heavy atom. The smallest absolute Gasteiger partial charge is 0.242 e. The largest absolute Gasteiger partial charge is 0.370 e. The summed E-state index contributed by atoms with van der Waals surface area (Å²) in [5.41, 5.74) is 10.5. The summed E-state index contributed by atoms with van der Waals surface area (Å²) in [6.07, 6.45) is 2.60. The van der Waals surface area contributed by atoms with Gasteiger partial charge in [0.15, 0.2) is 5.96 Å². The molecule has 0 spiro atoms. The van der Waals surface area contributed by atoms with Crippen molar-refractivity contribution in [3.63, 3.8) is 0 Å². The SMILES string of the molecule is C[C@H](N)C(=O)N[C@@H](C)C(=O)N[C@H]([C]=O)CCCNC(=N)N. The normalized spacial score (nSPS) is 14.4. The molecule has 0 bridgehead atoms. The van der Waals surface area contributed by atoms with E-state index in [2.05, 4.69) is 16.0 Å². The second-order valence-corrected chi connectivity index (χ2v) is 4.68. The summed E-state index contributed by atoms with van der Waals surface area (Å²) in [6.45, 7) is 3.42. The molecule has 0 aromatic heterocycles. The molecular formula is C12H23N6O3. The van der Waals surface area contributed by atoms with Gasteiger partial charge < -0.3 is 27.4 Å². The third-order valence-electron chi connectivity index (χ3n) is 2.61. The van der Waals surface area contributed by atoms with Gasteiger partial charge in [-0.05, 0) is 26.7 Å². The minimum absolute atomic E-state index is 0.155. The fourth-order valence-corrected chi connectivity index (χ4v) is 1.40. The first kappa shape index (κ1) is 18.8. The van der Waals surface area contributed by atoms with Crippen LogP contribution in [0.25, 0.3) is 0 Å². The maximum atomic E-state index is 11.8. The van der Waals surface area contributed by atoms with Gasteiger partial charge in [-0.15, -0.1) is 0 Å². The Hall–Kier alpha value is -2.16. The van der Waals surface area contributed by atoms with E-state index in [0.717, 1.165) is 0 Å². The van der Waals surface area contributed by atoms with Gasteiger partial charge in [0.25, 0.3) is 0 Å². The molecule has 0 aliphatic rings. The second kappa shape index (κ2) is 9.70. The van der Waals surface area contributed by atoms with Gasteiger partial charge in [0.05, 0.1) is 12.1 Å². The van der Waals surface area contributed by atoms with Crippen LogP contribution in [0.2, 0.25) is 0 Å². The molecule has 0 unspecified atom stereocenters. The molecular weight excluding hydrogens is 276 g/mol. The summed E-state index contributed by atoms with van der Waals surface area (Å²) in [4.78, 5) is 33.9. The summed E-state index contributed by atoms with van der Waals surface area (Å²) in [6, 6.07) is -2.29. The Morgan fingerprint density at radius 2 is 1.86 bits per heavy atom. The molecule has 0 saturated heterocycles. The van der Waals surface area contributed by atoms with E-state index in [1.165, 1.54) is 13.8 Å².